The van der Waals surface area contributed by atoms with E-state index in [2.05, 4.69) is 22.5 Å². The van der Waals surface area contributed by atoms with E-state index in [9.17, 15) is 9.18 Å². The van der Waals surface area contributed by atoms with Gasteiger partial charge in [-0.3, -0.25) is 9.36 Å². The third-order valence-electron chi connectivity index (χ3n) is 4.85. The number of benzene rings is 1. The van der Waals surface area contributed by atoms with Crippen LogP contribution in [0.5, 0.6) is 0 Å². The van der Waals surface area contributed by atoms with E-state index in [0.29, 0.717) is 35.6 Å². The number of halogens is 1. The van der Waals surface area contributed by atoms with E-state index in [-0.39, 0.29) is 11.4 Å². The number of hydrogen-bond acceptors (Lipinski definition) is 4. The molecule has 7 heteroatoms. The lowest BCUT2D eigenvalue weighted by atomic mass is 10.1. The first-order valence-electron chi connectivity index (χ1n) is 9.13. The first-order valence-corrected chi connectivity index (χ1v) is 9.13. The highest BCUT2D eigenvalue weighted by Crippen LogP contribution is 2.35. The van der Waals surface area contributed by atoms with Gasteiger partial charge in [0.25, 0.3) is 0 Å². The van der Waals surface area contributed by atoms with Crippen LogP contribution < -0.4 is 16.2 Å². The predicted molar refractivity (Wildman–Crippen MR) is 99.3 cm³/mol. The molecule has 1 radical (unpaired) electrons. The highest BCUT2D eigenvalue weighted by molar-refractivity contribution is 5.96. The van der Waals surface area contributed by atoms with Crippen LogP contribution in [0, 0.1) is 11.7 Å². The molecule has 0 unspecified atom stereocenters. The minimum Gasteiger partial charge on any atom is -0.325 e. The van der Waals surface area contributed by atoms with Gasteiger partial charge in [-0.1, -0.05) is 19.8 Å². The van der Waals surface area contributed by atoms with Crippen molar-refractivity contribution in [1.29, 1.82) is 0 Å². The molecule has 1 N–H and O–H groups in total. The smallest absolute Gasteiger partial charge is 0.302 e. The van der Waals surface area contributed by atoms with Crippen LogP contribution in [0.25, 0.3) is 0 Å². The topological polar surface area (TPSA) is 73.4 Å². The van der Waals surface area contributed by atoms with Gasteiger partial charge in [0.2, 0.25) is 5.95 Å². The molecule has 1 aromatic carbocycles. The Morgan fingerprint density at radius 1 is 1.23 bits per heavy atom. The van der Waals surface area contributed by atoms with E-state index in [1.807, 2.05) is 4.57 Å². The molecule has 0 saturated heterocycles. The third kappa shape index (κ3) is 3.09. The zero-order valence-electron chi connectivity index (χ0n) is 14.7. The maximum Gasteiger partial charge on any atom is 0.302 e. The van der Waals surface area contributed by atoms with Gasteiger partial charge in [-0.05, 0) is 43.5 Å². The summed E-state index contributed by atoms with van der Waals surface area (Å²) in [5, 5.41) is 7.63. The molecule has 1 aromatic heterocycles. The SMILES string of the molecule is CCCn1c(Nc2ccc(F)cc2)nc(=O)c2c1N=C(C1CCCC1)[N]2. The van der Waals surface area contributed by atoms with Gasteiger partial charge in [-0.25, -0.2) is 14.7 Å². The van der Waals surface area contributed by atoms with Crippen molar-refractivity contribution in [3.8, 4) is 0 Å². The number of aliphatic imine (C=N–C) groups is 1. The molecule has 6 nitrogen and oxygen atoms in total. The van der Waals surface area contributed by atoms with E-state index in [0.717, 1.165) is 25.1 Å². The normalized spacial score (nSPS) is 16.3. The number of aromatic nitrogens is 2. The largest absolute Gasteiger partial charge is 0.325 e. The Labute approximate surface area is 151 Å². The summed E-state index contributed by atoms with van der Waals surface area (Å²) < 4.78 is 15.0. The molecule has 4 rings (SSSR count). The lowest BCUT2D eigenvalue weighted by molar-refractivity contribution is 0.628. The fourth-order valence-electron chi connectivity index (χ4n) is 3.55. The number of amidine groups is 1. The lowest BCUT2D eigenvalue weighted by Crippen LogP contribution is -2.22. The van der Waals surface area contributed by atoms with Crippen molar-refractivity contribution in [2.45, 2.75) is 45.6 Å². The molecule has 2 aliphatic rings. The number of rotatable bonds is 5. The van der Waals surface area contributed by atoms with Crippen LogP contribution in [0.4, 0.5) is 27.5 Å². The standard InChI is InChI=1S/C19H21FN5O/c1-2-11-25-17-15(22-16(23-17)12-5-3-4-6-12)18(26)24-19(25)21-14-9-7-13(20)8-10-14/h7-10,12H,2-6,11H2,1H3,(H,21,24,26). The maximum atomic E-state index is 13.1. The Kier molecular flexibility index (Phi) is 4.44. The fourth-order valence-corrected chi connectivity index (χ4v) is 3.55. The van der Waals surface area contributed by atoms with Crippen molar-refractivity contribution in [1.82, 2.24) is 14.9 Å². The van der Waals surface area contributed by atoms with Gasteiger partial charge in [0.1, 0.15) is 11.7 Å². The summed E-state index contributed by atoms with van der Waals surface area (Å²) in [5.41, 5.74) is 0.622. The van der Waals surface area contributed by atoms with Crippen LogP contribution in [-0.4, -0.2) is 15.4 Å². The first kappa shape index (κ1) is 16.8. The van der Waals surface area contributed by atoms with Crippen LogP contribution in [0.15, 0.2) is 34.1 Å². The zero-order chi connectivity index (χ0) is 18.1. The number of anilines is 2. The molecule has 0 atom stereocenters. The molecule has 1 fully saturated rings. The minimum absolute atomic E-state index is 0.312. The van der Waals surface area contributed by atoms with Crippen LogP contribution in [-0.2, 0) is 6.54 Å². The molecular formula is C19H21FN5O. The molecule has 1 aliphatic carbocycles. The molecule has 0 spiro atoms. The number of nitrogens with one attached hydrogen (secondary N) is 1. The Morgan fingerprint density at radius 3 is 2.65 bits per heavy atom. The van der Waals surface area contributed by atoms with E-state index >= 15 is 0 Å². The highest BCUT2D eigenvalue weighted by Gasteiger charge is 2.31. The molecule has 0 bridgehead atoms. The molecule has 2 heterocycles. The number of fused-ring (bicyclic) bond motifs is 1. The molecular weight excluding hydrogens is 333 g/mol. The van der Waals surface area contributed by atoms with Crippen molar-refractivity contribution in [3.63, 3.8) is 0 Å². The van der Waals surface area contributed by atoms with Gasteiger partial charge >= 0.3 is 5.56 Å². The van der Waals surface area contributed by atoms with Gasteiger partial charge in [-0.15, -0.1) is 0 Å². The fraction of sp³-hybridized carbons (Fsp3) is 0.421. The van der Waals surface area contributed by atoms with Crippen LogP contribution in [0.3, 0.4) is 0 Å². The van der Waals surface area contributed by atoms with Crippen molar-refractivity contribution in [3.05, 3.63) is 40.4 Å². The minimum atomic E-state index is -0.381. The predicted octanol–water partition coefficient (Wildman–Crippen LogP) is 4.01. The molecule has 2 aromatic rings. The summed E-state index contributed by atoms with van der Waals surface area (Å²) >= 11 is 0. The van der Waals surface area contributed by atoms with Gasteiger partial charge < -0.3 is 5.32 Å². The quantitative estimate of drug-likeness (QED) is 0.882. The van der Waals surface area contributed by atoms with E-state index in [1.54, 1.807) is 12.1 Å². The molecule has 1 aliphatic heterocycles. The molecule has 26 heavy (non-hydrogen) atoms. The Bertz CT molecular complexity index is 897. The van der Waals surface area contributed by atoms with Crippen LogP contribution >= 0.6 is 0 Å². The van der Waals surface area contributed by atoms with Gasteiger partial charge in [0.15, 0.2) is 11.5 Å². The lowest BCUT2D eigenvalue weighted by Gasteiger charge is -2.15. The summed E-state index contributed by atoms with van der Waals surface area (Å²) in [6.07, 6.45) is 5.39. The molecule has 0 amide bonds. The monoisotopic (exact) mass is 354 g/mol. The van der Waals surface area contributed by atoms with E-state index in [4.69, 9.17) is 4.99 Å². The van der Waals surface area contributed by atoms with Gasteiger partial charge in [0.05, 0.1) is 0 Å². The second kappa shape index (κ2) is 6.90. The molecule has 135 valence electrons. The first-order chi connectivity index (χ1) is 12.7. The van der Waals surface area contributed by atoms with E-state index in [1.165, 1.54) is 25.0 Å². The van der Waals surface area contributed by atoms with Crippen molar-refractivity contribution in [2.24, 2.45) is 10.9 Å². The van der Waals surface area contributed by atoms with Gasteiger partial charge in [-0.2, -0.15) is 4.98 Å². The Morgan fingerprint density at radius 2 is 1.96 bits per heavy atom. The maximum absolute atomic E-state index is 13.1. The van der Waals surface area contributed by atoms with Crippen LogP contribution in [0.1, 0.15) is 39.0 Å². The average Bonchev–Trinajstić information content (AvgIpc) is 3.30. The second-order valence-corrected chi connectivity index (χ2v) is 6.76. The second-order valence-electron chi connectivity index (χ2n) is 6.76. The third-order valence-corrected chi connectivity index (χ3v) is 4.85. The summed E-state index contributed by atoms with van der Waals surface area (Å²) in [4.78, 5) is 21.4. The van der Waals surface area contributed by atoms with Gasteiger partial charge in [0, 0.05) is 18.2 Å². The summed E-state index contributed by atoms with van der Waals surface area (Å²) in [5.74, 6) is 1.78. The van der Waals surface area contributed by atoms with Crippen molar-refractivity contribution < 1.29 is 4.39 Å². The summed E-state index contributed by atoms with van der Waals surface area (Å²) in [7, 11) is 0. The van der Waals surface area contributed by atoms with Crippen molar-refractivity contribution in [2.75, 3.05) is 5.32 Å². The Balaban J connectivity index is 1.73. The Hall–Kier alpha value is -2.70. The van der Waals surface area contributed by atoms with E-state index < -0.39 is 0 Å². The number of nitrogens with zero attached hydrogens (tertiary/aromatic N) is 4. The van der Waals surface area contributed by atoms with Crippen LogP contribution in [0.2, 0.25) is 0 Å². The highest BCUT2D eigenvalue weighted by atomic mass is 19.1. The summed E-state index contributed by atoms with van der Waals surface area (Å²) in [6.45, 7) is 2.72. The van der Waals surface area contributed by atoms with Crippen molar-refractivity contribution >= 4 is 29.0 Å². The summed E-state index contributed by atoms with van der Waals surface area (Å²) in [6, 6.07) is 5.96. The zero-order valence-corrected chi connectivity index (χ0v) is 14.7. The molecule has 1 saturated carbocycles. The number of hydrogen-bond donors (Lipinski definition) is 1. The average molecular weight is 354 g/mol.